The van der Waals surface area contributed by atoms with Gasteiger partial charge < -0.3 is 5.32 Å². The van der Waals surface area contributed by atoms with Crippen LogP contribution in [0, 0.1) is 0 Å². The molecule has 2 aliphatic heterocycles. The predicted octanol–water partition coefficient (Wildman–Crippen LogP) is 4.08. The van der Waals surface area contributed by atoms with E-state index in [9.17, 15) is 14.4 Å². The van der Waals surface area contributed by atoms with E-state index in [0.717, 1.165) is 31.2 Å². The van der Waals surface area contributed by atoms with E-state index in [1.165, 1.54) is 39.7 Å². The lowest BCUT2D eigenvalue weighted by Gasteiger charge is -2.25. The van der Waals surface area contributed by atoms with Crippen molar-refractivity contribution in [1.29, 1.82) is 0 Å². The number of hydrogen-bond acceptors (Lipinski definition) is 7. The maximum Gasteiger partial charge on any atom is 0.259 e. The molecule has 1 N–H and O–H groups in total. The fraction of sp³-hybridized carbons (Fsp3) is 0.333. The van der Waals surface area contributed by atoms with Crippen LogP contribution in [0.4, 0.5) is 5.69 Å². The van der Waals surface area contributed by atoms with Crippen LogP contribution in [0.5, 0.6) is 0 Å². The third-order valence-electron chi connectivity index (χ3n) is 6.92. The zero-order valence-corrected chi connectivity index (χ0v) is 22.0. The lowest BCUT2D eigenvalue weighted by atomic mass is 9.95. The number of benzene rings is 1. The SMILES string of the molecule is O=C(C[C@@H]1N=C2c3ccccc3N=C(SCc3cc(=O)n4cc(Cl)ccc4n3)N2C1=O)NC1CCCCC1. The van der Waals surface area contributed by atoms with Crippen molar-refractivity contribution in [3.63, 3.8) is 0 Å². The van der Waals surface area contributed by atoms with Crippen LogP contribution in [-0.2, 0) is 15.3 Å². The molecule has 0 saturated heterocycles. The number of pyridine rings is 1. The zero-order valence-electron chi connectivity index (χ0n) is 20.5. The number of nitrogens with zero attached hydrogens (tertiary/aromatic N) is 5. The van der Waals surface area contributed by atoms with Crippen molar-refractivity contribution >= 4 is 57.5 Å². The van der Waals surface area contributed by atoms with E-state index < -0.39 is 6.04 Å². The molecule has 3 aliphatic rings. The van der Waals surface area contributed by atoms with E-state index in [4.69, 9.17) is 21.6 Å². The molecule has 2 aromatic heterocycles. The number of carbonyl (C=O) groups is 2. The van der Waals surface area contributed by atoms with Gasteiger partial charge >= 0.3 is 0 Å². The number of rotatable bonds is 5. The molecular formula is C27H25ClN6O3S. The van der Waals surface area contributed by atoms with Crippen LogP contribution in [0.2, 0.25) is 5.02 Å². The van der Waals surface area contributed by atoms with Gasteiger partial charge in [0.15, 0.2) is 5.17 Å². The predicted molar refractivity (Wildman–Crippen MR) is 148 cm³/mol. The third-order valence-corrected chi connectivity index (χ3v) is 8.12. The Morgan fingerprint density at radius 2 is 1.92 bits per heavy atom. The Labute approximate surface area is 228 Å². The molecule has 0 unspecified atom stereocenters. The molecule has 1 aromatic carbocycles. The van der Waals surface area contributed by atoms with Crippen LogP contribution in [0.25, 0.3) is 5.65 Å². The van der Waals surface area contributed by atoms with Crippen molar-refractivity contribution in [2.45, 2.75) is 56.4 Å². The maximum atomic E-state index is 13.5. The van der Waals surface area contributed by atoms with Crippen LogP contribution in [-0.4, -0.2) is 49.2 Å². The number of thioether (sulfide) groups is 1. The monoisotopic (exact) mass is 548 g/mol. The summed E-state index contributed by atoms with van der Waals surface area (Å²) in [5, 5.41) is 3.98. The summed E-state index contributed by atoms with van der Waals surface area (Å²) in [6.07, 6.45) is 6.92. The molecule has 0 spiro atoms. The summed E-state index contributed by atoms with van der Waals surface area (Å²) >= 11 is 7.31. The molecule has 0 bridgehead atoms. The molecule has 9 nitrogen and oxygen atoms in total. The van der Waals surface area contributed by atoms with Gasteiger partial charge in [0.25, 0.3) is 11.5 Å². The summed E-state index contributed by atoms with van der Waals surface area (Å²) in [6.45, 7) is 0. The molecule has 2 amide bonds. The lowest BCUT2D eigenvalue weighted by molar-refractivity contribution is -0.129. The Hall–Kier alpha value is -3.50. The van der Waals surface area contributed by atoms with E-state index in [0.29, 0.717) is 38.8 Å². The highest BCUT2D eigenvalue weighted by molar-refractivity contribution is 8.13. The van der Waals surface area contributed by atoms with E-state index >= 15 is 0 Å². The van der Waals surface area contributed by atoms with Gasteiger partial charge in [-0.3, -0.25) is 23.8 Å². The van der Waals surface area contributed by atoms with Crippen molar-refractivity contribution in [3.8, 4) is 0 Å². The molecule has 38 heavy (non-hydrogen) atoms. The van der Waals surface area contributed by atoms with Crippen molar-refractivity contribution in [3.05, 3.63) is 75.3 Å². The second kappa shape index (κ2) is 10.3. The quantitative estimate of drug-likeness (QED) is 0.517. The Morgan fingerprint density at radius 1 is 1.11 bits per heavy atom. The average molecular weight is 549 g/mol. The number of para-hydroxylation sites is 1. The lowest BCUT2D eigenvalue weighted by Crippen LogP contribution is -2.43. The molecule has 1 aliphatic carbocycles. The average Bonchev–Trinajstić information content (AvgIpc) is 3.24. The van der Waals surface area contributed by atoms with Crippen molar-refractivity contribution < 1.29 is 9.59 Å². The Bertz CT molecular complexity index is 1560. The van der Waals surface area contributed by atoms with E-state index in [1.54, 1.807) is 12.1 Å². The molecule has 11 heteroatoms. The molecule has 6 rings (SSSR count). The van der Waals surface area contributed by atoms with E-state index in [2.05, 4.69) is 10.3 Å². The van der Waals surface area contributed by atoms with Gasteiger partial charge in [0.05, 0.1) is 22.8 Å². The van der Waals surface area contributed by atoms with Gasteiger partial charge in [-0.1, -0.05) is 54.8 Å². The number of aliphatic imine (C=N–C) groups is 2. The Balaban J connectivity index is 1.23. The maximum absolute atomic E-state index is 13.5. The number of nitrogens with one attached hydrogen (secondary N) is 1. The van der Waals surface area contributed by atoms with Gasteiger partial charge in [-0.15, -0.1) is 0 Å². The second-order valence-corrected chi connectivity index (χ2v) is 11.0. The molecule has 3 aromatic rings. The van der Waals surface area contributed by atoms with Crippen LogP contribution in [0.1, 0.15) is 49.8 Å². The minimum Gasteiger partial charge on any atom is -0.353 e. The second-order valence-electron chi connectivity index (χ2n) is 9.61. The molecule has 194 valence electrons. The first-order valence-electron chi connectivity index (χ1n) is 12.7. The highest BCUT2D eigenvalue weighted by atomic mass is 35.5. The summed E-state index contributed by atoms with van der Waals surface area (Å²) in [5.41, 5.74) is 2.24. The first-order chi connectivity index (χ1) is 18.5. The summed E-state index contributed by atoms with van der Waals surface area (Å²) in [5.74, 6) is 0.388. The fourth-order valence-electron chi connectivity index (χ4n) is 5.08. The van der Waals surface area contributed by atoms with E-state index in [1.807, 2.05) is 24.3 Å². The van der Waals surface area contributed by atoms with Crippen LogP contribution in [0.15, 0.2) is 63.4 Å². The normalized spacial score (nSPS) is 19.1. The summed E-state index contributed by atoms with van der Waals surface area (Å²) < 4.78 is 1.39. The highest BCUT2D eigenvalue weighted by Crippen LogP contribution is 2.34. The van der Waals surface area contributed by atoms with Gasteiger partial charge in [-0.25, -0.2) is 14.9 Å². The summed E-state index contributed by atoms with van der Waals surface area (Å²) in [6, 6.07) is 11.7. The number of amides is 2. The van der Waals surface area contributed by atoms with Gasteiger partial charge in [-0.05, 0) is 37.1 Å². The van der Waals surface area contributed by atoms with Crippen LogP contribution >= 0.6 is 23.4 Å². The van der Waals surface area contributed by atoms with E-state index in [-0.39, 0.29) is 29.8 Å². The minimum absolute atomic E-state index is 0.000994. The highest BCUT2D eigenvalue weighted by Gasteiger charge is 2.42. The fourth-order valence-corrected chi connectivity index (χ4v) is 6.13. The van der Waals surface area contributed by atoms with Crippen molar-refractivity contribution in [2.75, 3.05) is 0 Å². The first-order valence-corrected chi connectivity index (χ1v) is 14.0. The topological polar surface area (TPSA) is 108 Å². The van der Waals surface area contributed by atoms with Gasteiger partial charge in [0, 0.05) is 29.6 Å². The smallest absolute Gasteiger partial charge is 0.259 e. The molecule has 1 atom stereocenters. The third kappa shape index (κ3) is 4.86. The number of halogens is 1. The standard InChI is InChI=1S/C27H25ClN6O3S/c28-16-10-11-22-29-18(12-24(36)33(22)14-16)15-38-27-32-20-9-5-4-8-19(20)25-31-21(26(37)34(25)27)13-23(35)30-17-6-2-1-3-7-17/h4-5,8-12,14,17,21H,1-3,6-7,13,15H2,(H,30,35)/t21-/m0/s1. The Kier molecular flexibility index (Phi) is 6.75. The molecule has 0 radical (unpaired) electrons. The Morgan fingerprint density at radius 3 is 2.76 bits per heavy atom. The summed E-state index contributed by atoms with van der Waals surface area (Å²) in [7, 11) is 0. The summed E-state index contributed by atoms with van der Waals surface area (Å²) in [4.78, 5) is 54.4. The van der Waals surface area contributed by atoms with Gasteiger partial charge in [-0.2, -0.15) is 0 Å². The number of aromatic nitrogens is 2. The number of amidine groups is 2. The van der Waals surface area contributed by atoms with Gasteiger partial charge in [0.1, 0.15) is 17.5 Å². The number of carbonyl (C=O) groups excluding carboxylic acids is 2. The zero-order chi connectivity index (χ0) is 26.2. The molecular weight excluding hydrogens is 524 g/mol. The van der Waals surface area contributed by atoms with Crippen LogP contribution < -0.4 is 10.9 Å². The molecule has 1 saturated carbocycles. The number of fused-ring (bicyclic) bond motifs is 4. The largest absolute Gasteiger partial charge is 0.353 e. The molecule has 1 fully saturated rings. The van der Waals surface area contributed by atoms with Crippen molar-refractivity contribution in [1.82, 2.24) is 19.6 Å². The minimum atomic E-state index is -0.807. The molecule has 4 heterocycles. The van der Waals surface area contributed by atoms with Gasteiger partial charge in [0.2, 0.25) is 5.91 Å². The van der Waals surface area contributed by atoms with Crippen molar-refractivity contribution in [2.24, 2.45) is 9.98 Å². The number of hydrogen-bond donors (Lipinski definition) is 1. The van der Waals surface area contributed by atoms with Crippen LogP contribution in [0.3, 0.4) is 0 Å². The first kappa shape index (κ1) is 24.8.